The molecule has 0 spiro atoms. The molecule has 2 heterocycles. The van der Waals surface area contributed by atoms with Crippen LogP contribution < -0.4 is 0 Å². The summed E-state index contributed by atoms with van der Waals surface area (Å²) in [5.41, 5.74) is -0.461. The van der Waals surface area contributed by atoms with E-state index in [2.05, 4.69) is 13.0 Å². The van der Waals surface area contributed by atoms with E-state index < -0.39 is 109 Å². The van der Waals surface area contributed by atoms with Crippen molar-refractivity contribution in [3.05, 3.63) is 23.3 Å². The summed E-state index contributed by atoms with van der Waals surface area (Å²) < 4.78 is 73.8. The van der Waals surface area contributed by atoms with E-state index in [1.807, 2.05) is 34.6 Å². The maximum absolute atomic E-state index is 13.3. The number of carbonyl (C=O) groups is 2. The van der Waals surface area contributed by atoms with Crippen LogP contribution in [0.3, 0.4) is 0 Å². The number of esters is 1. The standard InChI is InChI=1S/C53H88O17/c1-15-28(2)50(57)70-45-23-40-39(53(58)21-19-38(29(3)55)52(45,53)11)17-16-36-22-37(18-20-51(36,40)10)66-34(8)63-31(5)44(27-59-12)69-47-25-42(61-14)49(33(7)65-47)67-35(9)62-30(4)43(26-54)68-46-24-41(60-13)48(56)32(6)64-46/h15-16,30-35,37-49,54,56,58H,17-27H2,1-14H3/b28-15+/t30?,31?,32?,33?,34?,35?,37?,38?,39?,40?,41?,42?,43-,44-,45?,46-,47-,48+,49+,51?,52?,53?/m0/s1. The molecule has 3 saturated carbocycles. The number of hydrogen-bond acceptors (Lipinski definition) is 17. The fourth-order valence-corrected chi connectivity index (χ4v) is 13.1. The highest BCUT2D eigenvalue weighted by atomic mass is 16.7. The molecule has 0 amide bonds. The van der Waals surface area contributed by atoms with Crippen molar-refractivity contribution in [2.75, 3.05) is 34.5 Å². The van der Waals surface area contributed by atoms with Gasteiger partial charge in [-0.1, -0.05) is 31.6 Å². The van der Waals surface area contributed by atoms with Crippen LogP contribution in [-0.2, 0) is 66.4 Å². The van der Waals surface area contributed by atoms with E-state index in [1.165, 1.54) is 12.7 Å². The second-order valence-corrected chi connectivity index (χ2v) is 21.6. The van der Waals surface area contributed by atoms with Crippen molar-refractivity contribution in [2.24, 2.45) is 28.6 Å². The summed E-state index contributed by atoms with van der Waals surface area (Å²) in [6.45, 7) is 20.4. The van der Waals surface area contributed by atoms with E-state index in [9.17, 15) is 24.9 Å². The van der Waals surface area contributed by atoms with Crippen molar-refractivity contribution < 1.29 is 81.8 Å². The molecular formula is C53H88O17. The van der Waals surface area contributed by atoms with Crippen LogP contribution in [0, 0.1) is 28.6 Å². The maximum atomic E-state index is 13.3. The van der Waals surface area contributed by atoms with E-state index in [0.29, 0.717) is 44.1 Å². The van der Waals surface area contributed by atoms with Gasteiger partial charge in [-0.3, -0.25) is 4.79 Å². The Kier molecular flexibility index (Phi) is 19.8. The Hall–Kier alpha value is -1.94. The van der Waals surface area contributed by atoms with Crippen molar-refractivity contribution in [1.82, 2.24) is 0 Å². The van der Waals surface area contributed by atoms with Gasteiger partial charge in [-0.15, -0.1) is 0 Å². The molecule has 3 N–H and O–H groups in total. The van der Waals surface area contributed by atoms with Crippen molar-refractivity contribution in [3.63, 3.8) is 0 Å². The number of Topliss-reactive ketones (excluding diaryl/α,β-unsaturated/α-hetero) is 1. The monoisotopic (exact) mass is 997 g/mol. The van der Waals surface area contributed by atoms with Crippen LogP contribution in [0.15, 0.2) is 23.3 Å². The van der Waals surface area contributed by atoms with Gasteiger partial charge in [0.1, 0.15) is 36.3 Å². The highest BCUT2D eigenvalue weighted by molar-refractivity contribution is 5.88. The Morgan fingerprint density at radius 1 is 0.829 bits per heavy atom. The number of ketones is 1. The zero-order chi connectivity index (χ0) is 51.5. The average molecular weight is 997 g/mol. The smallest absolute Gasteiger partial charge is 0.333 e. The number of allylic oxidation sites excluding steroid dienone is 2. The predicted molar refractivity (Wildman–Crippen MR) is 256 cm³/mol. The minimum atomic E-state index is -1.15. The van der Waals surface area contributed by atoms with Gasteiger partial charge >= 0.3 is 5.97 Å². The lowest BCUT2D eigenvalue weighted by Gasteiger charge is -2.63. The number of hydrogen-bond donors (Lipinski definition) is 3. The Bertz CT molecular complexity index is 1790. The Morgan fingerprint density at radius 3 is 2.06 bits per heavy atom. The SMILES string of the molecule is C/C=C(\C)C(=O)OC1CC2C(CC=C3CC(OC(C)OC(C)[C@H](COC)O[C@H]4CC(OC)[C@H](OC(C)OC(C)[C@H](CO)O[C@H]5CC(OC)[C@H](O)C(C)O5)C(C)O4)CCC32C)C2(O)CCC(C(C)=O)C12C. The quantitative estimate of drug-likeness (QED) is 0.0485. The minimum absolute atomic E-state index is 0.0365. The summed E-state index contributed by atoms with van der Waals surface area (Å²) in [5, 5.41) is 33.4. The van der Waals surface area contributed by atoms with E-state index in [1.54, 1.807) is 54.9 Å². The number of carbonyl (C=O) groups excluding carboxylic acids is 2. The van der Waals surface area contributed by atoms with Crippen LogP contribution in [0.2, 0.25) is 0 Å². The van der Waals surface area contributed by atoms with Gasteiger partial charge in [-0.25, -0.2) is 4.79 Å². The largest absolute Gasteiger partial charge is 0.458 e. The van der Waals surface area contributed by atoms with E-state index >= 15 is 0 Å². The van der Waals surface area contributed by atoms with E-state index in [4.69, 9.17) is 56.8 Å². The van der Waals surface area contributed by atoms with E-state index in [-0.39, 0.29) is 48.3 Å². The summed E-state index contributed by atoms with van der Waals surface area (Å²) in [5.74, 6) is -0.745. The minimum Gasteiger partial charge on any atom is -0.458 e. The lowest BCUT2D eigenvalue weighted by Crippen LogP contribution is -2.66. The van der Waals surface area contributed by atoms with Gasteiger partial charge in [0.2, 0.25) is 0 Å². The fraction of sp³-hybridized carbons (Fsp3) is 0.887. The number of fused-ring (bicyclic) bond motifs is 5. The molecule has 4 aliphatic carbocycles. The number of aliphatic hydroxyl groups is 3. The maximum Gasteiger partial charge on any atom is 0.333 e. The second-order valence-electron chi connectivity index (χ2n) is 21.6. The topological polar surface area (TPSA) is 206 Å². The molecule has 2 aliphatic heterocycles. The van der Waals surface area contributed by atoms with Gasteiger partial charge in [0.25, 0.3) is 0 Å². The predicted octanol–water partition coefficient (Wildman–Crippen LogP) is 6.10. The molecule has 0 bridgehead atoms. The van der Waals surface area contributed by atoms with E-state index in [0.717, 1.165) is 19.3 Å². The molecule has 2 saturated heterocycles. The second kappa shape index (κ2) is 24.2. The van der Waals surface area contributed by atoms with Gasteiger partial charge in [0.05, 0.1) is 61.5 Å². The van der Waals surface area contributed by atoms with Crippen LogP contribution in [0.1, 0.15) is 134 Å². The lowest BCUT2D eigenvalue weighted by atomic mass is 9.45. The number of rotatable bonds is 22. The lowest BCUT2D eigenvalue weighted by molar-refractivity contribution is -0.316. The van der Waals surface area contributed by atoms with Crippen molar-refractivity contribution in [3.8, 4) is 0 Å². The summed E-state index contributed by atoms with van der Waals surface area (Å²) in [6.07, 6.45) is 0.727. The summed E-state index contributed by atoms with van der Waals surface area (Å²) in [6, 6.07) is 0. The highest BCUT2D eigenvalue weighted by Crippen LogP contribution is 2.68. The molecule has 17 nitrogen and oxygen atoms in total. The molecule has 0 aromatic heterocycles. The first-order valence-electron chi connectivity index (χ1n) is 25.9. The Balaban J connectivity index is 1.02. The van der Waals surface area contributed by atoms with Crippen LogP contribution in [0.5, 0.6) is 0 Å². The third kappa shape index (κ3) is 11.9. The molecule has 402 valence electrons. The van der Waals surface area contributed by atoms with Gasteiger partial charge in [-0.2, -0.15) is 0 Å². The first-order valence-corrected chi connectivity index (χ1v) is 25.9. The average Bonchev–Trinajstić information content (AvgIpc) is 3.61. The molecule has 0 aromatic rings. The first-order chi connectivity index (χ1) is 33.1. The van der Waals surface area contributed by atoms with Crippen molar-refractivity contribution in [2.45, 2.75) is 238 Å². The summed E-state index contributed by atoms with van der Waals surface area (Å²) >= 11 is 0. The molecule has 22 atom stereocenters. The molecule has 6 rings (SSSR count). The van der Waals surface area contributed by atoms with Gasteiger partial charge in [0.15, 0.2) is 25.2 Å². The number of methoxy groups -OCH3 is 3. The summed E-state index contributed by atoms with van der Waals surface area (Å²) in [4.78, 5) is 26.4. The zero-order valence-corrected chi connectivity index (χ0v) is 44.5. The Labute approximate surface area is 416 Å². The fourth-order valence-electron chi connectivity index (χ4n) is 13.1. The van der Waals surface area contributed by atoms with Crippen LogP contribution in [0.4, 0.5) is 0 Å². The number of aliphatic hydroxyl groups excluding tert-OH is 2. The van der Waals surface area contributed by atoms with Crippen LogP contribution >= 0.6 is 0 Å². The van der Waals surface area contributed by atoms with Crippen molar-refractivity contribution >= 4 is 11.8 Å². The molecule has 70 heavy (non-hydrogen) atoms. The highest BCUT2D eigenvalue weighted by Gasteiger charge is 2.71. The van der Waals surface area contributed by atoms with Crippen LogP contribution in [0.25, 0.3) is 0 Å². The normalized spacial score (nSPS) is 41.5. The van der Waals surface area contributed by atoms with Crippen molar-refractivity contribution in [1.29, 1.82) is 0 Å². The molecular weight excluding hydrogens is 909 g/mol. The molecule has 0 aromatic carbocycles. The molecule has 6 aliphatic rings. The third-order valence-electron chi connectivity index (χ3n) is 17.4. The summed E-state index contributed by atoms with van der Waals surface area (Å²) in [7, 11) is 4.77. The van der Waals surface area contributed by atoms with Crippen LogP contribution in [-0.4, -0.2) is 166 Å². The molecule has 16 unspecified atom stereocenters. The van der Waals surface area contributed by atoms with Gasteiger partial charge < -0.3 is 72.2 Å². The third-order valence-corrected chi connectivity index (χ3v) is 17.4. The van der Waals surface area contributed by atoms with Gasteiger partial charge in [0, 0.05) is 51.1 Å². The first kappa shape index (κ1) is 57.3. The van der Waals surface area contributed by atoms with Gasteiger partial charge in [-0.05, 0) is 125 Å². The zero-order valence-electron chi connectivity index (χ0n) is 44.5. The molecule has 0 radical (unpaired) electrons. The Morgan fingerprint density at radius 2 is 1.44 bits per heavy atom. The number of ether oxygens (including phenoxy) is 12. The molecule has 17 heteroatoms. The molecule has 5 fully saturated rings.